The van der Waals surface area contributed by atoms with E-state index in [-0.39, 0.29) is 6.04 Å². The number of halogens is 2. The molecule has 1 aromatic rings. The van der Waals surface area contributed by atoms with E-state index in [0.717, 1.165) is 6.42 Å². The summed E-state index contributed by atoms with van der Waals surface area (Å²) in [6.07, 6.45) is 0.967. The first kappa shape index (κ1) is 15.0. The van der Waals surface area contributed by atoms with E-state index in [0.29, 0.717) is 26.6 Å². The lowest BCUT2D eigenvalue weighted by Gasteiger charge is -2.18. The van der Waals surface area contributed by atoms with Crippen molar-refractivity contribution in [3.63, 3.8) is 0 Å². The van der Waals surface area contributed by atoms with Crippen LogP contribution in [-0.4, -0.2) is 16.0 Å². The molecule has 3 unspecified atom stereocenters. The van der Waals surface area contributed by atoms with Gasteiger partial charge in [-0.25, -0.2) is 0 Å². The predicted octanol–water partition coefficient (Wildman–Crippen LogP) is 3.47. The average Bonchev–Trinajstić information content (AvgIpc) is 2.27. The summed E-state index contributed by atoms with van der Waals surface area (Å²) in [4.78, 5) is 0.495. The average molecular weight is 294 g/mol. The summed E-state index contributed by atoms with van der Waals surface area (Å²) in [5, 5.41) is 0.874. The Bertz CT molecular complexity index is 391. The van der Waals surface area contributed by atoms with E-state index >= 15 is 0 Å². The van der Waals surface area contributed by atoms with Gasteiger partial charge >= 0.3 is 0 Å². The minimum Gasteiger partial charge on any atom is -0.327 e. The van der Waals surface area contributed by atoms with Crippen LogP contribution in [0.15, 0.2) is 23.1 Å². The molecule has 0 amide bonds. The number of rotatable bonds is 5. The van der Waals surface area contributed by atoms with Gasteiger partial charge in [-0.3, -0.25) is 4.21 Å². The second kappa shape index (κ2) is 6.74. The first-order valence-electron chi connectivity index (χ1n) is 5.55. The van der Waals surface area contributed by atoms with E-state index in [4.69, 9.17) is 28.9 Å². The van der Waals surface area contributed by atoms with Crippen molar-refractivity contribution in [3.05, 3.63) is 28.2 Å². The first-order valence-corrected chi connectivity index (χ1v) is 7.62. The van der Waals surface area contributed by atoms with Crippen molar-refractivity contribution in [1.82, 2.24) is 0 Å². The summed E-state index contributed by atoms with van der Waals surface area (Å²) >= 11 is 12.0. The third kappa shape index (κ3) is 3.95. The van der Waals surface area contributed by atoms with E-state index < -0.39 is 10.8 Å². The van der Waals surface area contributed by atoms with E-state index in [1.807, 2.05) is 0 Å². The lowest BCUT2D eigenvalue weighted by molar-refractivity contribution is 0.472. The second-order valence-corrected chi connectivity index (χ2v) is 6.36. The topological polar surface area (TPSA) is 43.1 Å². The molecule has 0 saturated heterocycles. The molecule has 0 aliphatic carbocycles. The zero-order chi connectivity index (χ0) is 13.0. The van der Waals surface area contributed by atoms with Gasteiger partial charge in [-0.2, -0.15) is 0 Å². The monoisotopic (exact) mass is 293 g/mol. The minimum atomic E-state index is -1.25. The van der Waals surface area contributed by atoms with Gasteiger partial charge in [-0.1, -0.05) is 49.5 Å². The fourth-order valence-corrected chi connectivity index (χ4v) is 3.75. The molecule has 0 spiro atoms. The Morgan fingerprint density at radius 1 is 1.35 bits per heavy atom. The number of hydrogen-bond acceptors (Lipinski definition) is 2. The summed E-state index contributed by atoms with van der Waals surface area (Å²) in [5.74, 6) is 0.721. The van der Waals surface area contributed by atoms with Crippen LogP contribution in [0.1, 0.15) is 20.3 Å². The van der Waals surface area contributed by atoms with Crippen LogP contribution in [0, 0.1) is 5.92 Å². The maximum Gasteiger partial charge on any atom is 0.0760 e. The SMILES string of the molecule is CCC(C)C(N)CS(=O)c1c(Cl)cccc1Cl. The van der Waals surface area contributed by atoms with Crippen molar-refractivity contribution in [3.8, 4) is 0 Å². The number of hydrogen-bond donors (Lipinski definition) is 1. The molecule has 2 N–H and O–H groups in total. The zero-order valence-electron chi connectivity index (χ0n) is 9.95. The van der Waals surface area contributed by atoms with E-state index in [1.165, 1.54) is 0 Å². The van der Waals surface area contributed by atoms with Crippen LogP contribution >= 0.6 is 23.2 Å². The predicted molar refractivity (Wildman–Crippen MR) is 75.2 cm³/mol. The summed E-state index contributed by atoms with van der Waals surface area (Å²) < 4.78 is 12.2. The molecule has 0 saturated carbocycles. The normalized spacial score (nSPS) is 16.5. The lowest BCUT2D eigenvalue weighted by atomic mass is 10.0. The largest absolute Gasteiger partial charge is 0.327 e. The molecule has 2 nitrogen and oxygen atoms in total. The molecule has 0 heterocycles. The van der Waals surface area contributed by atoms with E-state index in [2.05, 4.69) is 13.8 Å². The minimum absolute atomic E-state index is 0.104. The van der Waals surface area contributed by atoms with Crippen molar-refractivity contribution in [2.45, 2.75) is 31.2 Å². The molecule has 3 atom stereocenters. The zero-order valence-corrected chi connectivity index (χ0v) is 12.3. The first-order chi connectivity index (χ1) is 7.97. The van der Waals surface area contributed by atoms with Crippen molar-refractivity contribution in [2.24, 2.45) is 11.7 Å². The van der Waals surface area contributed by atoms with Gasteiger partial charge in [0.1, 0.15) is 0 Å². The molecule has 0 bridgehead atoms. The Hall–Kier alpha value is -0.0900. The molecule has 1 aromatic carbocycles. The van der Waals surface area contributed by atoms with Crippen LogP contribution in [0.3, 0.4) is 0 Å². The van der Waals surface area contributed by atoms with Gasteiger partial charge in [0.25, 0.3) is 0 Å². The fraction of sp³-hybridized carbons (Fsp3) is 0.500. The Kier molecular flexibility index (Phi) is 5.93. The third-order valence-corrected chi connectivity index (χ3v) is 5.30. The lowest BCUT2D eigenvalue weighted by Crippen LogP contribution is -2.33. The molecule has 17 heavy (non-hydrogen) atoms. The van der Waals surface area contributed by atoms with Gasteiger partial charge in [0.05, 0.1) is 25.7 Å². The highest BCUT2D eigenvalue weighted by molar-refractivity contribution is 7.85. The maximum atomic E-state index is 12.2. The van der Waals surface area contributed by atoms with Gasteiger partial charge < -0.3 is 5.73 Å². The van der Waals surface area contributed by atoms with Crippen LogP contribution < -0.4 is 5.73 Å². The summed E-state index contributed by atoms with van der Waals surface area (Å²) in [6.45, 7) is 4.12. The van der Waals surface area contributed by atoms with Gasteiger partial charge in [-0.15, -0.1) is 0 Å². The van der Waals surface area contributed by atoms with Crippen molar-refractivity contribution in [2.75, 3.05) is 5.75 Å². The molecule has 0 fully saturated rings. The molecule has 0 aliphatic heterocycles. The number of benzene rings is 1. The quantitative estimate of drug-likeness (QED) is 0.903. The van der Waals surface area contributed by atoms with Crippen LogP contribution in [0.2, 0.25) is 10.0 Å². The Labute approximate surface area is 115 Å². The Balaban J connectivity index is 2.84. The summed E-state index contributed by atoms with van der Waals surface area (Å²) in [6, 6.07) is 5.01. The molecule has 0 radical (unpaired) electrons. The second-order valence-electron chi connectivity index (χ2n) is 4.11. The number of nitrogens with two attached hydrogens (primary N) is 1. The van der Waals surface area contributed by atoms with Gasteiger partial charge in [0.15, 0.2) is 0 Å². The van der Waals surface area contributed by atoms with Gasteiger partial charge in [0, 0.05) is 11.8 Å². The smallest absolute Gasteiger partial charge is 0.0760 e. The van der Waals surface area contributed by atoms with Crippen molar-refractivity contribution >= 4 is 34.0 Å². The maximum absolute atomic E-state index is 12.2. The summed E-state index contributed by atoms with van der Waals surface area (Å²) in [5.41, 5.74) is 5.99. The molecule has 0 aliphatic rings. The van der Waals surface area contributed by atoms with E-state index in [9.17, 15) is 4.21 Å². The van der Waals surface area contributed by atoms with E-state index in [1.54, 1.807) is 18.2 Å². The standard InChI is InChI=1S/C12H17Cl2NOS/c1-3-8(2)11(15)7-17(16)12-9(13)5-4-6-10(12)14/h4-6,8,11H,3,7,15H2,1-2H3. The molecular formula is C12H17Cl2NOS. The molecular weight excluding hydrogens is 277 g/mol. The molecule has 5 heteroatoms. The Morgan fingerprint density at radius 3 is 2.35 bits per heavy atom. The fourth-order valence-electron chi connectivity index (χ4n) is 1.43. The van der Waals surface area contributed by atoms with Crippen LogP contribution in [0.5, 0.6) is 0 Å². The molecule has 1 rings (SSSR count). The Morgan fingerprint density at radius 2 is 1.88 bits per heavy atom. The van der Waals surface area contributed by atoms with Crippen molar-refractivity contribution in [1.29, 1.82) is 0 Å². The van der Waals surface area contributed by atoms with Crippen LogP contribution in [0.4, 0.5) is 0 Å². The van der Waals surface area contributed by atoms with Gasteiger partial charge in [0.2, 0.25) is 0 Å². The summed E-state index contributed by atoms with van der Waals surface area (Å²) in [7, 11) is -1.25. The van der Waals surface area contributed by atoms with Gasteiger partial charge in [-0.05, 0) is 18.1 Å². The van der Waals surface area contributed by atoms with Crippen LogP contribution in [-0.2, 0) is 10.8 Å². The highest BCUT2D eigenvalue weighted by Crippen LogP contribution is 2.28. The highest BCUT2D eigenvalue weighted by Gasteiger charge is 2.19. The van der Waals surface area contributed by atoms with Crippen molar-refractivity contribution < 1.29 is 4.21 Å². The molecule has 96 valence electrons. The third-order valence-electron chi connectivity index (χ3n) is 2.87. The highest BCUT2D eigenvalue weighted by atomic mass is 35.5. The van der Waals surface area contributed by atoms with Crippen LogP contribution in [0.25, 0.3) is 0 Å². The molecule has 0 aromatic heterocycles.